The molecular formula is C17H12BrCl2NO5S. The molecule has 0 fully saturated rings. The van der Waals surface area contributed by atoms with Crippen molar-refractivity contribution in [2.75, 3.05) is 7.11 Å². The summed E-state index contributed by atoms with van der Waals surface area (Å²) in [7, 11) is -3.03. The number of phenols is 1. The third kappa shape index (κ3) is 3.31. The third-order valence-corrected chi connectivity index (χ3v) is 6.83. The monoisotopic (exact) mass is 491 g/mol. The number of halogens is 3. The minimum atomic E-state index is -4.23. The van der Waals surface area contributed by atoms with Crippen LogP contribution in [0.5, 0.6) is 5.75 Å². The molecule has 0 unspecified atom stereocenters. The molecule has 0 amide bonds. The van der Waals surface area contributed by atoms with Crippen molar-refractivity contribution in [1.82, 2.24) is 3.97 Å². The number of ether oxygens (including phenoxy) is 1. The Bertz CT molecular complexity index is 1200. The molecule has 27 heavy (non-hydrogen) atoms. The Morgan fingerprint density at radius 3 is 2.44 bits per heavy atom. The maximum Gasteiger partial charge on any atom is 0.339 e. The smallest absolute Gasteiger partial charge is 0.339 e. The lowest BCUT2D eigenvalue weighted by Crippen LogP contribution is -2.15. The van der Waals surface area contributed by atoms with E-state index >= 15 is 0 Å². The molecule has 6 nitrogen and oxygen atoms in total. The van der Waals surface area contributed by atoms with Crippen molar-refractivity contribution < 1.29 is 23.1 Å². The van der Waals surface area contributed by atoms with Crippen LogP contribution in [0.4, 0.5) is 0 Å². The lowest BCUT2D eigenvalue weighted by Gasteiger charge is -2.13. The van der Waals surface area contributed by atoms with E-state index in [-0.39, 0.29) is 26.0 Å². The van der Waals surface area contributed by atoms with Gasteiger partial charge in [-0.2, -0.15) is 0 Å². The predicted octanol–water partition coefficient (Wildman–Crippen LogP) is 4.75. The summed E-state index contributed by atoms with van der Waals surface area (Å²) >= 11 is 15.2. The normalized spacial score (nSPS) is 11.7. The minimum absolute atomic E-state index is 0.0257. The molecule has 0 atom stereocenters. The summed E-state index contributed by atoms with van der Waals surface area (Å²) in [6.07, 6.45) is 0. The molecule has 0 aliphatic rings. The number of aryl methyl sites for hydroxylation is 1. The molecular weight excluding hydrogens is 481 g/mol. The molecule has 1 N–H and O–H groups in total. The first-order valence-electron chi connectivity index (χ1n) is 7.41. The van der Waals surface area contributed by atoms with Gasteiger partial charge in [0.25, 0.3) is 10.0 Å². The van der Waals surface area contributed by atoms with Crippen molar-refractivity contribution >= 4 is 66.0 Å². The zero-order valence-corrected chi connectivity index (χ0v) is 17.9. The van der Waals surface area contributed by atoms with Crippen molar-refractivity contribution in [2.24, 2.45) is 0 Å². The quantitative estimate of drug-likeness (QED) is 0.533. The molecule has 1 aromatic heterocycles. The van der Waals surface area contributed by atoms with Crippen LogP contribution in [-0.4, -0.2) is 30.6 Å². The van der Waals surface area contributed by atoms with Gasteiger partial charge in [0.15, 0.2) is 5.75 Å². The maximum atomic E-state index is 13.3. The number of rotatable bonds is 3. The van der Waals surface area contributed by atoms with Gasteiger partial charge < -0.3 is 9.84 Å². The Hall–Kier alpha value is -1.74. The molecule has 0 saturated carbocycles. The van der Waals surface area contributed by atoms with Gasteiger partial charge in [-0.1, -0.05) is 39.1 Å². The van der Waals surface area contributed by atoms with Gasteiger partial charge in [0.2, 0.25) is 0 Å². The van der Waals surface area contributed by atoms with E-state index in [4.69, 9.17) is 23.2 Å². The van der Waals surface area contributed by atoms with Crippen molar-refractivity contribution in [2.45, 2.75) is 11.8 Å². The number of phenolic OH excluding ortho intramolecular Hbond substituents is 1. The van der Waals surface area contributed by atoms with Crippen molar-refractivity contribution in [1.29, 1.82) is 0 Å². The summed E-state index contributed by atoms with van der Waals surface area (Å²) in [6.45, 7) is 1.58. The molecule has 3 aromatic rings. The van der Waals surface area contributed by atoms with Gasteiger partial charge >= 0.3 is 5.97 Å². The molecule has 0 aliphatic carbocycles. The van der Waals surface area contributed by atoms with Crippen molar-refractivity contribution in [3.05, 3.63) is 56.1 Å². The molecule has 1 heterocycles. The average Bonchev–Trinajstić information content (AvgIpc) is 2.91. The van der Waals surface area contributed by atoms with Crippen LogP contribution in [0.3, 0.4) is 0 Å². The van der Waals surface area contributed by atoms with Crippen molar-refractivity contribution in [3.8, 4) is 5.75 Å². The highest BCUT2D eigenvalue weighted by Gasteiger charge is 2.27. The predicted molar refractivity (Wildman–Crippen MR) is 106 cm³/mol. The van der Waals surface area contributed by atoms with E-state index in [2.05, 4.69) is 20.7 Å². The molecule has 0 radical (unpaired) electrons. The number of methoxy groups -OCH3 is 1. The van der Waals surface area contributed by atoms with Gasteiger partial charge in [0, 0.05) is 15.6 Å². The van der Waals surface area contributed by atoms with E-state index < -0.39 is 21.7 Å². The number of aromatic hydroxyl groups is 1. The van der Waals surface area contributed by atoms with E-state index in [0.29, 0.717) is 15.6 Å². The van der Waals surface area contributed by atoms with Gasteiger partial charge in [-0.15, -0.1) is 0 Å². The fourth-order valence-corrected chi connectivity index (χ4v) is 5.71. The van der Waals surface area contributed by atoms with Crippen LogP contribution in [0.15, 0.2) is 39.7 Å². The van der Waals surface area contributed by atoms with Gasteiger partial charge in [-0.25, -0.2) is 17.2 Å². The van der Waals surface area contributed by atoms with Crippen LogP contribution in [0, 0.1) is 6.92 Å². The zero-order chi connectivity index (χ0) is 20.1. The summed E-state index contributed by atoms with van der Waals surface area (Å²) in [6, 6.07) is 7.06. The second-order valence-corrected chi connectivity index (χ2v) is 9.16. The van der Waals surface area contributed by atoms with E-state index in [1.165, 1.54) is 31.4 Å². The fraction of sp³-hybridized carbons (Fsp3) is 0.118. The summed E-state index contributed by atoms with van der Waals surface area (Å²) in [4.78, 5) is 11.6. The number of fused-ring (bicyclic) bond motifs is 1. The lowest BCUT2D eigenvalue weighted by molar-refractivity contribution is 0.0601. The van der Waals surface area contributed by atoms with Gasteiger partial charge in [0.1, 0.15) is 4.90 Å². The number of carbonyl (C=O) groups is 1. The van der Waals surface area contributed by atoms with Crippen LogP contribution in [0.1, 0.15) is 16.1 Å². The standard InChI is InChI=1S/C17H12BrCl2NO5S/c1-8-3-9-4-12(19)11(17(23)26-2)7-14(9)21(8)27(24,25)15-6-10(18)5-13(20)16(15)22/h3-7,22H,1-2H3. The molecule has 3 rings (SSSR count). The summed E-state index contributed by atoms with van der Waals surface area (Å²) in [5.74, 6) is -1.26. The number of aromatic nitrogens is 1. The molecule has 0 bridgehead atoms. The zero-order valence-electron chi connectivity index (χ0n) is 14.0. The van der Waals surface area contributed by atoms with E-state index in [1.807, 2.05) is 0 Å². The van der Waals surface area contributed by atoms with Crippen LogP contribution in [-0.2, 0) is 14.8 Å². The molecule has 0 saturated heterocycles. The molecule has 142 valence electrons. The van der Waals surface area contributed by atoms with Crippen LogP contribution < -0.4 is 0 Å². The second kappa shape index (κ2) is 7.01. The topological polar surface area (TPSA) is 85.6 Å². The van der Waals surface area contributed by atoms with E-state index in [9.17, 15) is 18.3 Å². The third-order valence-electron chi connectivity index (χ3n) is 3.94. The van der Waals surface area contributed by atoms with Crippen LogP contribution in [0.2, 0.25) is 10.0 Å². The Morgan fingerprint density at radius 1 is 1.15 bits per heavy atom. The number of carbonyl (C=O) groups excluding carboxylic acids is 1. The molecule has 0 spiro atoms. The average molecular weight is 493 g/mol. The molecule has 0 aliphatic heterocycles. The number of esters is 1. The highest BCUT2D eigenvalue weighted by atomic mass is 79.9. The number of benzene rings is 2. The highest BCUT2D eigenvalue weighted by Crippen LogP contribution is 2.37. The van der Waals surface area contributed by atoms with Gasteiger partial charge in [-0.05, 0) is 37.3 Å². The second-order valence-electron chi connectivity index (χ2n) is 5.67. The van der Waals surface area contributed by atoms with E-state index in [1.54, 1.807) is 13.0 Å². The Kier molecular flexibility index (Phi) is 5.20. The Morgan fingerprint density at radius 2 is 1.81 bits per heavy atom. The fourth-order valence-electron chi connectivity index (χ4n) is 2.77. The van der Waals surface area contributed by atoms with Crippen LogP contribution in [0.25, 0.3) is 10.9 Å². The minimum Gasteiger partial charge on any atom is -0.505 e. The summed E-state index contributed by atoms with van der Waals surface area (Å²) in [5.41, 5.74) is 0.601. The lowest BCUT2D eigenvalue weighted by atomic mass is 10.1. The molecule has 10 heteroatoms. The summed E-state index contributed by atoms with van der Waals surface area (Å²) in [5, 5.41) is 10.7. The summed E-state index contributed by atoms with van der Waals surface area (Å²) < 4.78 is 32.6. The molecule has 2 aromatic carbocycles. The van der Waals surface area contributed by atoms with Crippen molar-refractivity contribution in [3.63, 3.8) is 0 Å². The van der Waals surface area contributed by atoms with Gasteiger partial charge in [0.05, 0.1) is 28.2 Å². The Labute approximate surface area is 173 Å². The highest BCUT2D eigenvalue weighted by molar-refractivity contribution is 9.10. The first-order valence-corrected chi connectivity index (χ1v) is 10.4. The first-order chi connectivity index (χ1) is 12.6. The van der Waals surface area contributed by atoms with E-state index in [0.717, 1.165) is 3.97 Å². The first kappa shape index (κ1) is 20.0. The Balaban J connectivity index is 2.37. The SMILES string of the molecule is COC(=O)c1cc2c(cc1Cl)cc(C)n2S(=O)(=O)c1cc(Br)cc(Cl)c1O. The number of hydrogen-bond donors (Lipinski definition) is 1. The number of hydrogen-bond acceptors (Lipinski definition) is 5. The largest absolute Gasteiger partial charge is 0.505 e. The van der Waals surface area contributed by atoms with Gasteiger partial charge in [-0.3, -0.25) is 0 Å². The number of nitrogens with zero attached hydrogens (tertiary/aromatic N) is 1. The maximum absolute atomic E-state index is 13.3. The van der Waals surface area contributed by atoms with Crippen LogP contribution >= 0.6 is 39.1 Å².